The minimum atomic E-state index is -0.359. The van der Waals surface area contributed by atoms with Crippen molar-refractivity contribution in [3.05, 3.63) is 120 Å². The highest BCUT2D eigenvalue weighted by Gasteiger charge is 2.15. The van der Waals surface area contributed by atoms with Gasteiger partial charge in [-0.2, -0.15) is 0 Å². The second-order valence-electron chi connectivity index (χ2n) is 8.50. The van der Waals surface area contributed by atoms with Crippen LogP contribution in [0.25, 0.3) is 22.0 Å². The normalized spacial score (nSPS) is 10.8. The van der Waals surface area contributed by atoms with Gasteiger partial charge in [-0.1, -0.05) is 42.5 Å². The highest BCUT2D eigenvalue weighted by Crippen LogP contribution is 2.29. The van der Waals surface area contributed by atoms with Crippen molar-refractivity contribution < 1.29 is 9.18 Å². The van der Waals surface area contributed by atoms with Crippen LogP contribution in [-0.4, -0.2) is 32.8 Å². The van der Waals surface area contributed by atoms with Crippen molar-refractivity contribution in [3.63, 3.8) is 0 Å². The summed E-state index contributed by atoms with van der Waals surface area (Å²) in [5.74, 6) is 0.178. The Morgan fingerprint density at radius 3 is 2.47 bits per heavy atom. The van der Waals surface area contributed by atoms with Crippen LogP contribution in [0.3, 0.4) is 0 Å². The Morgan fingerprint density at radius 2 is 1.67 bits per heavy atom. The standard InChI is InChI=1S/C29H24FN5O/c1-35(29(36)21-11-13-31-14-12-21)18-24-15-22(7-9-26(24)30)23-8-10-27-25(16-23)28(34-19-33-27)32-17-20-5-3-2-4-6-20/h2-16,19H,17-18H2,1H3,(H,32,33,34). The molecule has 2 heterocycles. The average molecular weight is 478 g/mol. The van der Waals surface area contributed by atoms with Gasteiger partial charge < -0.3 is 10.2 Å². The van der Waals surface area contributed by atoms with E-state index in [0.717, 1.165) is 33.4 Å². The van der Waals surface area contributed by atoms with E-state index in [2.05, 4.69) is 32.4 Å². The van der Waals surface area contributed by atoms with Crippen molar-refractivity contribution in [2.24, 2.45) is 0 Å². The number of aromatic nitrogens is 3. The molecule has 1 N–H and O–H groups in total. The maximum absolute atomic E-state index is 14.7. The fraction of sp³-hybridized carbons (Fsp3) is 0.103. The Balaban J connectivity index is 1.41. The van der Waals surface area contributed by atoms with Gasteiger partial charge in [0.05, 0.1) is 5.52 Å². The number of benzene rings is 3. The van der Waals surface area contributed by atoms with Crippen LogP contribution in [0.2, 0.25) is 0 Å². The Kier molecular flexibility index (Phi) is 6.62. The molecule has 0 saturated carbocycles. The highest BCUT2D eigenvalue weighted by atomic mass is 19.1. The monoisotopic (exact) mass is 477 g/mol. The third-order valence-corrected chi connectivity index (χ3v) is 6.00. The lowest BCUT2D eigenvalue weighted by Crippen LogP contribution is -2.26. The molecule has 0 bridgehead atoms. The molecule has 0 fully saturated rings. The van der Waals surface area contributed by atoms with Crippen LogP contribution in [0, 0.1) is 5.82 Å². The molecule has 0 aliphatic carbocycles. The Labute approximate surface area is 208 Å². The number of fused-ring (bicyclic) bond motifs is 1. The van der Waals surface area contributed by atoms with E-state index < -0.39 is 0 Å². The van der Waals surface area contributed by atoms with E-state index in [-0.39, 0.29) is 18.3 Å². The van der Waals surface area contributed by atoms with Crippen molar-refractivity contribution in [3.8, 4) is 11.1 Å². The second-order valence-corrected chi connectivity index (χ2v) is 8.50. The predicted molar refractivity (Wildman–Crippen MR) is 139 cm³/mol. The lowest BCUT2D eigenvalue weighted by molar-refractivity contribution is 0.0783. The molecular weight excluding hydrogens is 453 g/mol. The van der Waals surface area contributed by atoms with Crippen LogP contribution < -0.4 is 5.32 Å². The van der Waals surface area contributed by atoms with Gasteiger partial charge in [-0.05, 0) is 53.1 Å². The van der Waals surface area contributed by atoms with E-state index in [1.807, 2.05) is 36.4 Å². The first-order chi connectivity index (χ1) is 17.6. The van der Waals surface area contributed by atoms with E-state index in [1.165, 1.54) is 11.0 Å². The summed E-state index contributed by atoms with van der Waals surface area (Å²) in [6.07, 6.45) is 4.67. The summed E-state index contributed by atoms with van der Waals surface area (Å²) in [6.45, 7) is 0.775. The summed E-state index contributed by atoms with van der Waals surface area (Å²) in [5.41, 5.74) is 4.65. The molecular formula is C29H24FN5O. The largest absolute Gasteiger partial charge is 0.365 e. The summed E-state index contributed by atoms with van der Waals surface area (Å²) in [5, 5.41) is 4.27. The fourth-order valence-corrected chi connectivity index (χ4v) is 4.08. The quantitative estimate of drug-likeness (QED) is 0.325. The first-order valence-corrected chi connectivity index (χ1v) is 11.6. The number of hydrogen-bond donors (Lipinski definition) is 1. The van der Waals surface area contributed by atoms with Crippen LogP contribution in [0.5, 0.6) is 0 Å². The van der Waals surface area contributed by atoms with Crippen molar-refractivity contribution >= 4 is 22.6 Å². The number of amides is 1. The van der Waals surface area contributed by atoms with Gasteiger partial charge >= 0.3 is 0 Å². The van der Waals surface area contributed by atoms with Gasteiger partial charge in [0, 0.05) is 49.0 Å². The van der Waals surface area contributed by atoms with E-state index in [9.17, 15) is 9.18 Å². The third kappa shape index (κ3) is 5.05. The molecule has 0 aliphatic heterocycles. The average Bonchev–Trinajstić information content (AvgIpc) is 2.93. The zero-order valence-corrected chi connectivity index (χ0v) is 19.7. The number of halogens is 1. The number of hydrogen-bond acceptors (Lipinski definition) is 5. The van der Waals surface area contributed by atoms with E-state index in [1.54, 1.807) is 50.0 Å². The highest BCUT2D eigenvalue weighted by molar-refractivity contribution is 5.94. The summed E-state index contributed by atoms with van der Waals surface area (Å²) >= 11 is 0. The Bertz CT molecular complexity index is 1510. The smallest absolute Gasteiger partial charge is 0.254 e. The SMILES string of the molecule is CN(Cc1cc(-c2ccc3ncnc(NCc4ccccc4)c3c2)ccc1F)C(=O)c1ccncc1. The number of nitrogens with zero attached hydrogens (tertiary/aromatic N) is 4. The first-order valence-electron chi connectivity index (χ1n) is 11.6. The van der Waals surface area contributed by atoms with Crippen molar-refractivity contribution in [1.29, 1.82) is 0 Å². The summed E-state index contributed by atoms with van der Waals surface area (Å²) in [7, 11) is 1.66. The molecule has 3 aromatic carbocycles. The summed E-state index contributed by atoms with van der Waals surface area (Å²) in [6, 6.07) is 24.2. The molecule has 178 valence electrons. The molecule has 6 nitrogen and oxygen atoms in total. The number of carbonyl (C=O) groups excluding carboxylic acids is 1. The molecule has 5 rings (SSSR count). The van der Waals surface area contributed by atoms with Crippen molar-refractivity contribution in [2.45, 2.75) is 13.1 Å². The topological polar surface area (TPSA) is 71.0 Å². The molecule has 0 saturated heterocycles. The lowest BCUT2D eigenvalue weighted by Gasteiger charge is -2.18. The molecule has 7 heteroatoms. The molecule has 0 aliphatic rings. The van der Waals surface area contributed by atoms with Gasteiger partial charge in [0.25, 0.3) is 5.91 Å². The molecule has 1 amide bonds. The minimum Gasteiger partial charge on any atom is -0.365 e. The van der Waals surface area contributed by atoms with E-state index >= 15 is 0 Å². The number of anilines is 1. The third-order valence-electron chi connectivity index (χ3n) is 6.00. The van der Waals surface area contributed by atoms with Crippen LogP contribution in [-0.2, 0) is 13.1 Å². The van der Waals surface area contributed by atoms with Crippen molar-refractivity contribution in [1.82, 2.24) is 19.9 Å². The molecule has 0 spiro atoms. The van der Waals surface area contributed by atoms with Crippen LogP contribution in [0.1, 0.15) is 21.5 Å². The maximum Gasteiger partial charge on any atom is 0.254 e. The fourth-order valence-electron chi connectivity index (χ4n) is 4.08. The molecule has 36 heavy (non-hydrogen) atoms. The van der Waals surface area contributed by atoms with Gasteiger partial charge in [0.2, 0.25) is 0 Å². The number of carbonyl (C=O) groups is 1. The second kappa shape index (κ2) is 10.3. The Morgan fingerprint density at radius 1 is 0.917 bits per heavy atom. The van der Waals surface area contributed by atoms with Crippen molar-refractivity contribution in [2.75, 3.05) is 12.4 Å². The number of pyridine rings is 1. The van der Waals surface area contributed by atoms with Gasteiger partial charge in [-0.15, -0.1) is 0 Å². The van der Waals surface area contributed by atoms with Gasteiger partial charge in [0.15, 0.2) is 0 Å². The molecule has 0 atom stereocenters. The lowest BCUT2D eigenvalue weighted by atomic mass is 10.0. The Hall–Kier alpha value is -4.65. The predicted octanol–water partition coefficient (Wildman–Crippen LogP) is 5.72. The number of rotatable bonds is 7. The number of nitrogens with one attached hydrogen (secondary N) is 1. The van der Waals surface area contributed by atoms with Crippen LogP contribution in [0.4, 0.5) is 10.2 Å². The zero-order valence-electron chi connectivity index (χ0n) is 19.7. The molecule has 5 aromatic rings. The summed E-state index contributed by atoms with van der Waals surface area (Å²) < 4.78 is 14.7. The van der Waals surface area contributed by atoms with Gasteiger partial charge in [-0.25, -0.2) is 14.4 Å². The molecule has 0 unspecified atom stereocenters. The van der Waals surface area contributed by atoms with Gasteiger partial charge in [-0.3, -0.25) is 9.78 Å². The van der Waals surface area contributed by atoms with Gasteiger partial charge in [0.1, 0.15) is 18.0 Å². The summed E-state index contributed by atoms with van der Waals surface area (Å²) in [4.78, 5) is 27.0. The minimum absolute atomic E-state index is 0.140. The van der Waals surface area contributed by atoms with E-state index in [4.69, 9.17) is 0 Å². The van der Waals surface area contributed by atoms with E-state index in [0.29, 0.717) is 17.7 Å². The van der Waals surface area contributed by atoms with Crippen LogP contribution >= 0.6 is 0 Å². The van der Waals surface area contributed by atoms with Crippen LogP contribution in [0.15, 0.2) is 97.6 Å². The molecule has 0 radical (unpaired) electrons. The zero-order chi connectivity index (χ0) is 24.9. The first kappa shape index (κ1) is 23.1. The maximum atomic E-state index is 14.7. The molecule has 2 aromatic heterocycles.